The maximum absolute atomic E-state index is 12.6. The van der Waals surface area contributed by atoms with Crippen molar-refractivity contribution in [2.24, 2.45) is 0 Å². The van der Waals surface area contributed by atoms with Crippen LogP contribution in [0.15, 0.2) is 35.1 Å². The van der Waals surface area contributed by atoms with Gasteiger partial charge in [0.1, 0.15) is 11.1 Å². The predicted molar refractivity (Wildman–Crippen MR) is 107 cm³/mol. The van der Waals surface area contributed by atoms with Crippen LogP contribution >= 0.6 is 0 Å². The van der Waals surface area contributed by atoms with Crippen LogP contribution in [0.25, 0.3) is 11.0 Å². The molecule has 0 amide bonds. The zero-order valence-electron chi connectivity index (χ0n) is 16.1. The Morgan fingerprint density at radius 2 is 2.10 bits per heavy atom. The van der Waals surface area contributed by atoms with E-state index in [1.54, 1.807) is 16.9 Å². The lowest BCUT2D eigenvalue weighted by atomic mass is 10.1. The molecule has 1 aromatic carbocycles. The summed E-state index contributed by atoms with van der Waals surface area (Å²) in [5.74, 6) is 0.572. The molecule has 29 heavy (non-hydrogen) atoms. The van der Waals surface area contributed by atoms with Crippen LogP contribution in [0.5, 0.6) is 5.75 Å². The van der Waals surface area contributed by atoms with Gasteiger partial charge in [-0.25, -0.2) is 8.42 Å². The Bertz CT molecular complexity index is 1060. The third kappa shape index (κ3) is 4.69. The molecule has 3 heterocycles. The number of hydrogen-bond donors (Lipinski definition) is 1. The minimum absolute atomic E-state index is 0.0406. The highest BCUT2D eigenvalue weighted by molar-refractivity contribution is 7.92. The van der Waals surface area contributed by atoms with Crippen LogP contribution in [0.4, 0.5) is 5.82 Å². The van der Waals surface area contributed by atoms with E-state index in [1.165, 1.54) is 7.11 Å². The van der Waals surface area contributed by atoms with Gasteiger partial charge in [0.25, 0.3) is 0 Å². The summed E-state index contributed by atoms with van der Waals surface area (Å²) in [4.78, 5) is 2.06. The summed E-state index contributed by atoms with van der Waals surface area (Å²) in [7, 11) is -2.07. The summed E-state index contributed by atoms with van der Waals surface area (Å²) in [6.07, 6.45) is 3.55. The SMILES string of the molecule is COc1cc(Cn2cccn2)cc2onc(NS(=O)(=O)CCN3CCOCC3)c12. The number of anilines is 1. The third-order valence-corrected chi connectivity index (χ3v) is 5.98. The average Bonchev–Trinajstić information content (AvgIpc) is 3.37. The molecule has 0 aliphatic carbocycles. The maximum Gasteiger partial charge on any atom is 0.235 e. The average molecular weight is 421 g/mol. The first kappa shape index (κ1) is 19.7. The Labute approximate surface area is 168 Å². The van der Waals surface area contributed by atoms with Crippen molar-refractivity contribution in [3.63, 3.8) is 0 Å². The van der Waals surface area contributed by atoms with Crippen molar-refractivity contribution in [2.75, 3.05) is 50.4 Å². The van der Waals surface area contributed by atoms with Crippen molar-refractivity contribution in [3.8, 4) is 5.75 Å². The van der Waals surface area contributed by atoms with Crippen LogP contribution in [0, 0.1) is 0 Å². The normalized spacial score (nSPS) is 15.6. The number of aromatic nitrogens is 3. The van der Waals surface area contributed by atoms with Crippen LogP contribution in [0.1, 0.15) is 5.56 Å². The van der Waals surface area contributed by atoms with Gasteiger partial charge in [0.15, 0.2) is 11.4 Å². The smallest absolute Gasteiger partial charge is 0.235 e. The zero-order chi connectivity index (χ0) is 20.3. The number of benzene rings is 1. The van der Waals surface area contributed by atoms with E-state index in [1.807, 2.05) is 18.3 Å². The number of methoxy groups -OCH3 is 1. The summed E-state index contributed by atoms with van der Waals surface area (Å²) in [5, 5.41) is 8.60. The molecule has 0 spiro atoms. The summed E-state index contributed by atoms with van der Waals surface area (Å²) in [6.45, 7) is 3.67. The standard InChI is InChI=1S/C18H23N5O5S/c1-26-15-11-14(13-23-4-2-3-19-23)12-16-17(15)18(20-28-16)21-29(24,25)10-7-22-5-8-27-9-6-22/h2-4,11-12H,5-10,13H2,1H3,(H,20,21). The van der Waals surface area contributed by atoms with E-state index in [0.717, 1.165) is 18.7 Å². The maximum atomic E-state index is 12.6. The lowest BCUT2D eigenvalue weighted by molar-refractivity contribution is 0.0408. The molecule has 0 saturated carbocycles. The highest BCUT2D eigenvalue weighted by Gasteiger charge is 2.21. The molecular weight excluding hydrogens is 398 g/mol. The molecule has 10 nitrogen and oxygen atoms in total. The Hall–Kier alpha value is -2.63. The third-order valence-electron chi connectivity index (χ3n) is 4.75. The molecule has 3 aromatic rings. The largest absolute Gasteiger partial charge is 0.496 e. The van der Waals surface area contributed by atoms with Crippen molar-refractivity contribution in [3.05, 3.63) is 36.2 Å². The number of nitrogens with one attached hydrogen (secondary N) is 1. The minimum Gasteiger partial charge on any atom is -0.496 e. The number of morpholine rings is 1. The molecule has 156 valence electrons. The first-order valence-corrected chi connectivity index (χ1v) is 10.9. The van der Waals surface area contributed by atoms with Gasteiger partial charge in [0, 0.05) is 32.0 Å². The predicted octanol–water partition coefficient (Wildman–Crippen LogP) is 1.16. The number of sulfonamides is 1. The van der Waals surface area contributed by atoms with E-state index in [4.69, 9.17) is 14.0 Å². The lowest BCUT2D eigenvalue weighted by Gasteiger charge is -2.26. The van der Waals surface area contributed by atoms with Crippen LogP contribution < -0.4 is 9.46 Å². The molecular formula is C18H23N5O5S. The van der Waals surface area contributed by atoms with Crippen LogP contribution in [0.3, 0.4) is 0 Å². The fourth-order valence-electron chi connectivity index (χ4n) is 3.27. The van der Waals surface area contributed by atoms with E-state index < -0.39 is 10.0 Å². The minimum atomic E-state index is -3.60. The summed E-state index contributed by atoms with van der Waals surface area (Å²) < 4.78 is 45.6. The second kappa shape index (κ2) is 8.39. The summed E-state index contributed by atoms with van der Waals surface area (Å²) >= 11 is 0. The van der Waals surface area contributed by atoms with Crippen LogP contribution in [-0.4, -0.2) is 74.0 Å². The number of hydrogen-bond acceptors (Lipinski definition) is 8. The van der Waals surface area contributed by atoms with Crippen LogP contribution in [-0.2, 0) is 21.3 Å². The molecule has 1 fully saturated rings. The molecule has 0 unspecified atom stereocenters. The fourth-order valence-corrected chi connectivity index (χ4v) is 4.30. The van der Waals surface area contributed by atoms with Gasteiger partial charge in [-0.05, 0) is 23.8 Å². The summed E-state index contributed by atoms with van der Waals surface area (Å²) in [5.41, 5.74) is 1.34. The molecule has 1 N–H and O–H groups in total. The van der Waals surface area contributed by atoms with Gasteiger partial charge in [-0.15, -0.1) is 0 Å². The first-order valence-electron chi connectivity index (χ1n) is 9.28. The van der Waals surface area contributed by atoms with Gasteiger partial charge < -0.3 is 14.0 Å². The highest BCUT2D eigenvalue weighted by Crippen LogP contribution is 2.34. The Balaban J connectivity index is 1.52. The molecule has 0 radical (unpaired) electrons. The van der Waals surface area contributed by atoms with Gasteiger partial charge in [0.2, 0.25) is 10.0 Å². The van der Waals surface area contributed by atoms with E-state index >= 15 is 0 Å². The molecule has 1 aliphatic heterocycles. The molecule has 11 heteroatoms. The molecule has 4 rings (SSSR count). The molecule has 0 bridgehead atoms. The van der Waals surface area contributed by atoms with Gasteiger partial charge in [-0.1, -0.05) is 5.16 Å². The van der Waals surface area contributed by atoms with Crippen molar-refractivity contribution in [2.45, 2.75) is 6.54 Å². The van der Waals surface area contributed by atoms with Crippen molar-refractivity contribution in [1.82, 2.24) is 19.8 Å². The van der Waals surface area contributed by atoms with E-state index in [2.05, 4.69) is 19.9 Å². The first-order chi connectivity index (χ1) is 14.0. The summed E-state index contributed by atoms with van der Waals surface area (Å²) in [6, 6.07) is 5.47. The molecule has 1 saturated heterocycles. The Kier molecular flexibility index (Phi) is 5.69. The zero-order valence-corrected chi connectivity index (χ0v) is 16.9. The van der Waals surface area contributed by atoms with Gasteiger partial charge in [0.05, 0.1) is 32.6 Å². The van der Waals surface area contributed by atoms with Gasteiger partial charge >= 0.3 is 0 Å². The van der Waals surface area contributed by atoms with Crippen LogP contribution in [0.2, 0.25) is 0 Å². The topological polar surface area (TPSA) is 112 Å². The number of rotatable bonds is 8. The lowest BCUT2D eigenvalue weighted by Crippen LogP contribution is -2.39. The fraction of sp³-hybridized carbons (Fsp3) is 0.444. The highest BCUT2D eigenvalue weighted by atomic mass is 32.2. The second-order valence-corrected chi connectivity index (χ2v) is 8.62. The number of nitrogens with zero attached hydrogens (tertiary/aromatic N) is 4. The molecule has 2 aromatic heterocycles. The van der Waals surface area contributed by atoms with E-state index in [0.29, 0.717) is 43.0 Å². The van der Waals surface area contributed by atoms with E-state index in [9.17, 15) is 8.42 Å². The Morgan fingerprint density at radius 1 is 1.28 bits per heavy atom. The quantitative estimate of drug-likeness (QED) is 0.577. The van der Waals surface area contributed by atoms with Crippen molar-refractivity contribution < 1.29 is 22.4 Å². The molecule has 1 aliphatic rings. The Morgan fingerprint density at radius 3 is 2.83 bits per heavy atom. The number of fused-ring (bicyclic) bond motifs is 1. The monoisotopic (exact) mass is 421 g/mol. The molecule has 0 atom stereocenters. The number of ether oxygens (including phenoxy) is 2. The van der Waals surface area contributed by atoms with Gasteiger partial charge in [-0.3, -0.25) is 14.3 Å². The van der Waals surface area contributed by atoms with E-state index in [-0.39, 0.29) is 11.6 Å². The van der Waals surface area contributed by atoms with Gasteiger partial charge in [-0.2, -0.15) is 5.10 Å². The van der Waals surface area contributed by atoms with Crippen molar-refractivity contribution in [1.29, 1.82) is 0 Å². The second-order valence-electron chi connectivity index (χ2n) is 6.78. The van der Waals surface area contributed by atoms with Crippen molar-refractivity contribution >= 4 is 26.8 Å².